The molecule has 0 saturated heterocycles. The molecule has 0 aliphatic carbocycles. The minimum Gasteiger partial charge on any atom is -0.330 e. The van der Waals surface area contributed by atoms with Crippen LogP contribution in [0.1, 0.15) is 36.8 Å². The molecule has 0 spiro atoms. The first-order chi connectivity index (χ1) is 8.13. The summed E-state index contributed by atoms with van der Waals surface area (Å²) < 4.78 is 0.982. The van der Waals surface area contributed by atoms with E-state index in [1.54, 1.807) is 0 Å². The van der Waals surface area contributed by atoms with Crippen LogP contribution in [0.15, 0.2) is 16.6 Å². The molecule has 0 radical (unpaired) electrons. The van der Waals surface area contributed by atoms with E-state index < -0.39 is 0 Å². The topological polar surface area (TPSA) is 55.1 Å². The van der Waals surface area contributed by atoms with Gasteiger partial charge in [0.15, 0.2) is 0 Å². The van der Waals surface area contributed by atoms with Crippen molar-refractivity contribution in [2.75, 3.05) is 11.9 Å². The molecule has 0 aromatic heterocycles. The van der Waals surface area contributed by atoms with Crippen molar-refractivity contribution >= 4 is 27.5 Å². The van der Waals surface area contributed by atoms with Crippen LogP contribution in [0.4, 0.5) is 5.69 Å². The van der Waals surface area contributed by atoms with Gasteiger partial charge in [-0.15, -0.1) is 0 Å². The predicted molar refractivity (Wildman–Crippen MR) is 73.2 cm³/mol. The Labute approximate surface area is 110 Å². The van der Waals surface area contributed by atoms with E-state index in [9.17, 15) is 4.79 Å². The van der Waals surface area contributed by atoms with Crippen molar-refractivity contribution in [3.63, 3.8) is 0 Å². The summed E-state index contributed by atoms with van der Waals surface area (Å²) in [5.41, 5.74) is 8.80. The van der Waals surface area contributed by atoms with Gasteiger partial charge in [-0.1, -0.05) is 6.07 Å². The minimum absolute atomic E-state index is 0.0456. The maximum absolute atomic E-state index is 11.6. The number of hydrogen-bond acceptors (Lipinski definition) is 2. The summed E-state index contributed by atoms with van der Waals surface area (Å²) in [5.74, 6) is 0.0376. The Morgan fingerprint density at radius 2 is 2.18 bits per heavy atom. The monoisotopic (exact) mass is 296 g/mol. The third-order valence-corrected chi connectivity index (χ3v) is 3.83. The number of fused-ring (bicyclic) bond motifs is 1. The smallest absolute Gasteiger partial charge is 0.231 e. The highest BCUT2D eigenvalue weighted by Gasteiger charge is 2.28. The zero-order valence-corrected chi connectivity index (χ0v) is 11.5. The van der Waals surface area contributed by atoms with Crippen molar-refractivity contribution in [3.05, 3.63) is 27.7 Å². The third-order valence-electron chi connectivity index (χ3n) is 3.21. The molecule has 1 aromatic rings. The molecule has 3 nitrogen and oxygen atoms in total. The van der Waals surface area contributed by atoms with Crippen LogP contribution in [-0.2, 0) is 11.2 Å². The van der Waals surface area contributed by atoms with Crippen molar-refractivity contribution in [3.8, 4) is 0 Å². The number of halogens is 1. The summed E-state index contributed by atoms with van der Waals surface area (Å²) in [7, 11) is 0. The lowest BCUT2D eigenvalue weighted by Crippen LogP contribution is -2.08. The normalized spacial score (nSPS) is 18.1. The van der Waals surface area contributed by atoms with Crippen LogP contribution < -0.4 is 11.1 Å². The van der Waals surface area contributed by atoms with Crippen LogP contribution in [0.2, 0.25) is 0 Å². The highest BCUT2D eigenvalue weighted by Crippen LogP contribution is 2.38. The Morgan fingerprint density at radius 1 is 1.41 bits per heavy atom. The molecule has 0 fully saturated rings. The molecule has 92 valence electrons. The summed E-state index contributed by atoms with van der Waals surface area (Å²) >= 11 is 3.52. The fourth-order valence-corrected chi connectivity index (χ4v) is 2.77. The standard InChI is InChI=1S/C13H17BrN2O/c1-8-10-6-9(4-2-3-5-15)7-11(14)12(10)16-13(8)17/h6-8H,2-5,15H2,1H3,(H,16,17). The van der Waals surface area contributed by atoms with Crippen LogP contribution in [0.25, 0.3) is 0 Å². The number of unbranched alkanes of at least 4 members (excludes halogenated alkanes) is 1. The largest absolute Gasteiger partial charge is 0.330 e. The molecular formula is C13H17BrN2O. The lowest BCUT2D eigenvalue weighted by molar-refractivity contribution is -0.116. The molecule has 1 aliphatic rings. The molecule has 2 rings (SSSR count). The van der Waals surface area contributed by atoms with Crippen molar-refractivity contribution in [2.45, 2.75) is 32.1 Å². The van der Waals surface area contributed by atoms with Gasteiger partial charge in [0, 0.05) is 4.47 Å². The molecule has 0 bridgehead atoms. The first-order valence-corrected chi connectivity index (χ1v) is 6.76. The number of benzene rings is 1. The zero-order chi connectivity index (χ0) is 12.4. The lowest BCUT2D eigenvalue weighted by atomic mass is 9.98. The van der Waals surface area contributed by atoms with E-state index in [4.69, 9.17) is 5.73 Å². The Morgan fingerprint density at radius 3 is 2.88 bits per heavy atom. The van der Waals surface area contributed by atoms with E-state index in [2.05, 4.69) is 33.4 Å². The van der Waals surface area contributed by atoms with Gasteiger partial charge >= 0.3 is 0 Å². The van der Waals surface area contributed by atoms with Crippen LogP contribution in [0.5, 0.6) is 0 Å². The van der Waals surface area contributed by atoms with Crippen molar-refractivity contribution < 1.29 is 4.79 Å². The number of aryl methyl sites for hydroxylation is 1. The van der Waals surface area contributed by atoms with Gasteiger partial charge < -0.3 is 11.1 Å². The van der Waals surface area contributed by atoms with Crippen molar-refractivity contribution in [1.29, 1.82) is 0 Å². The molecule has 1 atom stereocenters. The van der Waals surface area contributed by atoms with Gasteiger partial charge in [-0.3, -0.25) is 4.79 Å². The Bertz CT molecular complexity index is 445. The number of carbonyl (C=O) groups excluding carboxylic acids is 1. The maximum Gasteiger partial charge on any atom is 0.231 e. The van der Waals surface area contributed by atoms with Gasteiger partial charge in [-0.25, -0.2) is 0 Å². The van der Waals surface area contributed by atoms with E-state index >= 15 is 0 Å². The molecule has 3 N–H and O–H groups in total. The molecule has 1 amide bonds. The van der Waals surface area contributed by atoms with E-state index in [0.29, 0.717) is 0 Å². The molecule has 17 heavy (non-hydrogen) atoms. The number of hydrogen-bond donors (Lipinski definition) is 2. The van der Waals surface area contributed by atoms with E-state index in [1.165, 1.54) is 5.56 Å². The second-order valence-electron chi connectivity index (χ2n) is 4.50. The zero-order valence-electron chi connectivity index (χ0n) is 9.92. The van der Waals surface area contributed by atoms with Crippen LogP contribution in [0.3, 0.4) is 0 Å². The second-order valence-corrected chi connectivity index (χ2v) is 5.35. The summed E-state index contributed by atoms with van der Waals surface area (Å²) in [6.45, 7) is 2.68. The fraction of sp³-hybridized carbons (Fsp3) is 0.462. The second kappa shape index (κ2) is 5.19. The molecule has 1 aliphatic heterocycles. The van der Waals surface area contributed by atoms with Gasteiger partial charge in [-0.05, 0) is 65.9 Å². The summed E-state index contributed by atoms with van der Waals surface area (Å²) in [6, 6.07) is 4.23. The molecule has 4 heteroatoms. The van der Waals surface area contributed by atoms with Crippen molar-refractivity contribution in [1.82, 2.24) is 0 Å². The minimum atomic E-state index is -0.0456. The van der Waals surface area contributed by atoms with Crippen LogP contribution >= 0.6 is 15.9 Å². The van der Waals surface area contributed by atoms with Crippen LogP contribution in [0, 0.1) is 0 Å². The third kappa shape index (κ3) is 2.53. The van der Waals surface area contributed by atoms with E-state index in [1.807, 2.05) is 6.92 Å². The maximum atomic E-state index is 11.6. The molecule has 1 heterocycles. The molecular weight excluding hydrogens is 280 g/mol. The average Bonchev–Trinajstić information content (AvgIpc) is 2.58. The van der Waals surface area contributed by atoms with Gasteiger partial charge in [0.1, 0.15) is 0 Å². The first kappa shape index (κ1) is 12.6. The number of nitrogens with two attached hydrogens (primary N) is 1. The Balaban J connectivity index is 2.22. The average molecular weight is 297 g/mol. The van der Waals surface area contributed by atoms with Gasteiger partial charge in [-0.2, -0.15) is 0 Å². The lowest BCUT2D eigenvalue weighted by Gasteiger charge is -2.08. The quantitative estimate of drug-likeness (QED) is 0.840. The molecule has 0 saturated carbocycles. The van der Waals surface area contributed by atoms with E-state index in [-0.39, 0.29) is 11.8 Å². The highest BCUT2D eigenvalue weighted by molar-refractivity contribution is 9.10. The van der Waals surface area contributed by atoms with Gasteiger partial charge in [0.25, 0.3) is 0 Å². The Hall–Kier alpha value is -0.870. The summed E-state index contributed by atoms with van der Waals surface area (Å²) in [6.07, 6.45) is 3.16. The molecule has 1 unspecified atom stereocenters. The number of carbonyl (C=O) groups is 1. The van der Waals surface area contributed by atoms with Crippen molar-refractivity contribution in [2.24, 2.45) is 5.73 Å². The van der Waals surface area contributed by atoms with E-state index in [0.717, 1.165) is 41.5 Å². The van der Waals surface area contributed by atoms with Crippen LogP contribution in [-0.4, -0.2) is 12.5 Å². The Kier molecular flexibility index (Phi) is 3.84. The number of nitrogens with one attached hydrogen (secondary N) is 1. The van der Waals surface area contributed by atoms with Gasteiger partial charge in [0.05, 0.1) is 11.6 Å². The number of anilines is 1. The fourth-order valence-electron chi connectivity index (χ4n) is 2.15. The predicted octanol–water partition coefficient (Wildman–Crippen LogP) is 2.79. The van der Waals surface area contributed by atoms with Gasteiger partial charge in [0.2, 0.25) is 5.91 Å². The first-order valence-electron chi connectivity index (χ1n) is 5.96. The summed E-state index contributed by atoms with van der Waals surface area (Å²) in [4.78, 5) is 11.6. The summed E-state index contributed by atoms with van der Waals surface area (Å²) in [5, 5.41) is 2.90. The SMILES string of the molecule is CC1C(=O)Nc2c(Br)cc(CCCCN)cc21. The molecule has 1 aromatic carbocycles. The number of amides is 1. The number of rotatable bonds is 4. The highest BCUT2D eigenvalue weighted by atomic mass is 79.9.